The van der Waals surface area contributed by atoms with Gasteiger partial charge in [0.05, 0.1) is 5.69 Å². The van der Waals surface area contributed by atoms with E-state index in [0.717, 1.165) is 43.6 Å². The van der Waals surface area contributed by atoms with Gasteiger partial charge in [-0.2, -0.15) is 0 Å². The first-order chi connectivity index (χ1) is 9.15. The number of amides is 1. The number of H-pyrrole nitrogens is 1. The van der Waals surface area contributed by atoms with Crippen LogP contribution in [0.4, 0.5) is 5.95 Å². The van der Waals surface area contributed by atoms with Gasteiger partial charge in [-0.25, -0.2) is 4.98 Å². The standard InChI is InChI=1S/C13H18N4O2/c1-9(18)16-5-7-17(8-6-16)13-14-11-4-2-3-10(11)12(19)15-13/h2-8H2,1H3,(H,14,15,19). The van der Waals surface area contributed by atoms with Gasteiger partial charge in [-0.3, -0.25) is 14.6 Å². The first kappa shape index (κ1) is 12.2. The normalized spacial score (nSPS) is 18.6. The number of aromatic amines is 1. The van der Waals surface area contributed by atoms with Crippen LogP contribution in [0.1, 0.15) is 24.6 Å². The van der Waals surface area contributed by atoms with Crippen molar-refractivity contribution in [1.29, 1.82) is 0 Å². The van der Waals surface area contributed by atoms with Gasteiger partial charge in [0.25, 0.3) is 5.56 Å². The second kappa shape index (κ2) is 4.68. The molecule has 1 aromatic heterocycles. The molecule has 1 saturated heterocycles. The molecule has 102 valence electrons. The van der Waals surface area contributed by atoms with Crippen LogP contribution >= 0.6 is 0 Å². The molecule has 0 saturated carbocycles. The Morgan fingerprint density at radius 1 is 1.21 bits per heavy atom. The zero-order valence-electron chi connectivity index (χ0n) is 11.1. The van der Waals surface area contributed by atoms with Gasteiger partial charge < -0.3 is 9.80 Å². The lowest BCUT2D eigenvalue weighted by atomic mass is 10.2. The Bertz CT molecular complexity index is 558. The number of fused-ring (bicyclic) bond motifs is 1. The fraction of sp³-hybridized carbons (Fsp3) is 0.615. The monoisotopic (exact) mass is 262 g/mol. The molecule has 1 aliphatic carbocycles. The van der Waals surface area contributed by atoms with Crippen LogP contribution in [-0.4, -0.2) is 47.0 Å². The molecule has 1 fully saturated rings. The number of nitrogens with one attached hydrogen (secondary N) is 1. The van der Waals surface area contributed by atoms with Gasteiger partial charge in [-0.15, -0.1) is 0 Å². The van der Waals surface area contributed by atoms with Crippen LogP contribution in [0.25, 0.3) is 0 Å². The molecule has 1 aliphatic heterocycles. The third kappa shape index (κ3) is 2.22. The molecule has 19 heavy (non-hydrogen) atoms. The summed E-state index contributed by atoms with van der Waals surface area (Å²) in [4.78, 5) is 34.6. The molecular formula is C13H18N4O2. The lowest BCUT2D eigenvalue weighted by Crippen LogP contribution is -2.49. The Balaban J connectivity index is 1.79. The van der Waals surface area contributed by atoms with Crippen molar-refractivity contribution in [2.24, 2.45) is 0 Å². The minimum absolute atomic E-state index is 0.00602. The Morgan fingerprint density at radius 2 is 1.95 bits per heavy atom. The Hall–Kier alpha value is -1.85. The van der Waals surface area contributed by atoms with E-state index in [2.05, 4.69) is 14.9 Å². The number of anilines is 1. The molecule has 0 atom stereocenters. The highest BCUT2D eigenvalue weighted by Crippen LogP contribution is 2.19. The van der Waals surface area contributed by atoms with Crippen molar-refractivity contribution < 1.29 is 4.79 Å². The first-order valence-corrected chi connectivity index (χ1v) is 6.77. The molecular weight excluding hydrogens is 244 g/mol. The molecule has 2 aliphatic rings. The van der Waals surface area contributed by atoms with Gasteiger partial charge >= 0.3 is 0 Å². The molecule has 0 unspecified atom stereocenters. The van der Waals surface area contributed by atoms with Crippen LogP contribution in [0.15, 0.2) is 4.79 Å². The Kier molecular flexibility index (Phi) is 3.00. The summed E-state index contributed by atoms with van der Waals surface area (Å²) in [5, 5.41) is 0. The SMILES string of the molecule is CC(=O)N1CCN(c2nc3c(c(=O)[nH]2)CCC3)CC1. The number of carbonyl (C=O) groups excluding carboxylic acids is 1. The van der Waals surface area contributed by atoms with E-state index in [1.54, 1.807) is 6.92 Å². The van der Waals surface area contributed by atoms with E-state index in [0.29, 0.717) is 19.0 Å². The number of hydrogen-bond donors (Lipinski definition) is 1. The smallest absolute Gasteiger partial charge is 0.255 e. The molecule has 2 heterocycles. The molecule has 0 radical (unpaired) electrons. The highest BCUT2D eigenvalue weighted by atomic mass is 16.2. The summed E-state index contributed by atoms with van der Waals surface area (Å²) in [7, 11) is 0. The van der Waals surface area contributed by atoms with E-state index in [4.69, 9.17) is 0 Å². The van der Waals surface area contributed by atoms with E-state index in [1.165, 1.54) is 0 Å². The first-order valence-electron chi connectivity index (χ1n) is 6.77. The van der Waals surface area contributed by atoms with Gasteiger partial charge in [0.1, 0.15) is 0 Å². The molecule has 1 amide bonds. The molecule has 0 bridgehead atoms. The van der Waals surface area contributed by atoms with Crippen molar-refractivity contribution in [2.45, 2.75) is 26.2 Å². The molecule has 0 spiro atoms. The van der Waals surface area contributed by atoms with E-state index in [-0.39, 0.29) is 11.5 Å². The predicted octanol–water partition coefficient (Wildman–Crippen LogP) is -0.0729. The lowest BCUT2D eigenvalue weighted by molar-refractivity contribution is -0.129. The summed E-state index contributed by atoms with van der Waals surface area (Å²) >= 11 is 0. The summed E-state index contributed by atoms with van der Waals surface area (Å²) in [6.07, 6.45) is 2.77. The van der Waals surface area contributed by atoms with Crippen LogP contribution in [-0.2, 0) is 17.6 Å². The average molecular weight is 262 g/mol. The molecule has 1 aromatic rings. The molecule has 6 heteroatoms. The van der Waals surface area contributed by atoms with Gasteiger partial charge in [0, 0.05) is 38.7 Å². The third-order valence-corrected chi connectivity index (χ3v) is 3.95. The third-order valence-electron chi connectivity index (χ3n) is 3.95. The molecule has 1 N–H and O–H groups in total. The van der Waals surface area contributed by atoms with E-state index < -0.39 is 0 Å². The van der Waals surface area contributed by atoms with Crippen molar-refractivity contribution in [3.63, 3.8) is 0 Å². The van der Waals surface area contributed by atoms with Gasteiger partial charge in [-0.05, 0) is 19.3 Å². The van der Waals surface area contributed by atoms with Crippen LogP contribution < -0.4 is 10.5 Å². The number of carbonyl (C=O) groups is 1. The van der Waals surface area contributed by atoms with Crippen LogP contribution in [0.2, 0.25) is 0 Å². The van der Waals surface area contributed by atoms with Crippen LogP contribution in [0.5, 0.6) is 0 Å². The van der Waals surface area contributed by atoms with Gasteiger partial charge in [0.15, 0.2) is 0 Å². The highest BCUT2D eigenvalue weighted by Gasteiger charge is 2.23. The van der Waals surface area contributed by atoms with Crippen LogP contribution in [0.3, 0.4) is 0 Å². The summed E-state index contributed by atoms with van der Waals surface area (Å²) in [6, 6.07) is 0. The number of hydrogen-bond acceptors (Lipinski definition) is 4. The maximum atomic E-state index is 12.0. The number of piperazine rings is 1. The largest absolute Gasteiger partial charge is 0.339 e. The quantitative estimate of drug-likeness (QED) is 0.769. The zero-order valence-corrected chi connectivity index (χ0v) is 11.1. The molecule has 0 aromatic carbocycles. The van der Waals surface area contributed by atoms with E-state index >= 15 is 0 Å². The van der Waals surface area contributed by atoms with Gasteiger partial charge in [-0.1, -0.05) is 0 Å². The molecule has 3 rings (SSSR count). The van der Waals surface area contributed by atoms with E-state index in [1.807, 2.05) is 4.90 Å². The van der Waals surface area contributed by atoms with Crippen LogP contribution in [0, 0.1) is 0 Å². The fourth-order valence-electron chi connectivity index (χ4n) is 2.81. The van der Waals surface area contributed by atoms with Crippen molar-refractivity contribution in [2.75, 3.05) is 31.1 Å². The number of aromatic nitrogens is 2. The minimum Gasteiger partial charge on any atom is -0.339 e. The number of rotatable bonds is 1. The second-order valence-electron chi connectivity index (χ2n) is 5.16. The van der Waals surface area contributed by atoms with Crippen molar-refractivity contribution in [1.82, 2.24) is 14.9 Å². The van der Waals surface area contributed by atoms with Crippen molar-refractivity contribution in [3.8, 4) is 0 Å². The topological polar surface area (TPSA) is 69.3 Å². The zero-order chi connectivity index (χ0) is 13.4. The maximum Gasteiger partial charge on any atom is 0.255 e. The summed E-state index contributed by atoms with van der Waals surface area (Å²) in [5.74, 6) is 0.768. The van der Waals surface area contributed by atoms with Gasteiger partial charge in [0.2, 0.25) is 11.9 Å². The summed E-state index contributed by atoms with van der Waals surface area (Å²) in [6.45, 7) is 4.42. The maximum absolute atomic E-state index is 12.0. The van der Waals surface area contributed by atoms with E-state index in [9.17, 15) is 9.59 Å². The van der Waals surface area contributed by atoms with Crippen molar-refractivity contribution >= 4 is 11.9 Å². The summed E-state index contributed by atoms with van der Waals surface area (Å²) < 4.78 is 0. The minimum atomic E-state index is 0.00602. The Morgan fingerprint density at radius 3 is 2.63 bits per heavy atom. The number of nitrogens with zero attached hydrogens (tertiary/aromatic N) is 3. The average Bonchev–Trinajstić information content (AvgIpc) is 2.87. The lowest BCUT2D eigenvalue weighted by Gasteiger charge is -2.34. The second-order valence-corrected chi connectivity index (χ2v) is 5.16. The summed E-state index contributed by atoms with van der Waals surface area (Å²) in [5.41, 5.74) is 1.81. The predicted molar refractivity (Wildman–Crippen MR) is 71.3 cm³/mol. The highest BCUT2D eigenvalue weighted by molar-refractivity contribution is 5.73. The molecule has 6 nitrogen and oxygen atoms in total. The van der Waals surface area contributed by atoms with Crippen molar-refractivity contribution in [3.05, 3.63) is 21.6 Å². The Labute approximate surface area is 111 Å². The number of aryl methyl sites for hydroxylation is 1. The fourth-order valence-corrected chi connectivity index (χ4v) is 2.81.